The van der Waals surface area contributed by atoms with Crippen molar-refractivity contribution in [3.05, 3.63) is 63.9 Å². The number of benzene rings is 2. The maximum absolute atomic E-state index is 13.3. The number of nitrogens with two attached hydrogens (primary N) is 1. The van der Waals surface area contributed by atoms with Crippen LogP contribution in [0.15, 0.2) is 46.9 Å². The van der Waals surface area contributed by atoms with E-state index in [2.05, 4.69) is 21.4 Å². The minimum absolute atomic E-state index is 0.122. The second kappa shape index (κ2) is 6.83. The summed E-state index contributed by atoms with van der Waals surface area (Å²) in [6, 6.07) is 12.5. The molecule has 1 unspecified atom stereocenters. The molecule has 3 nitrogen and oxygen atoms in total. The number of para-hydroxylation sites is 1. The Balaban J connectivity index is 2.26. The van der Waals surface area contributed by atoms with Crippen molar-refractivity contribution < 1.29 is 9.13 Å². The fraction of sp³-hybridized carbons (Fsp3) is 0.200. The summed E-state index contributed by atoms with van der Waals surface area (Å²) in [5.74, 6) is 6.16. The van der Waals surface area contributed by atoms with Gasteiger partial charge in [0.1, 0.15) is 11.6 Å². The van der Waals surface area contributed by atoms with E-state index in [1.807, 2.05) is 24.3 Å². The molecule has 1 atom stereocenters. The summed E-state index contributed by atoms with van der Waals surface area (Å²) in [4.78, 5) is 0. The highest BCUT2D eigenvalue weighted by atomic mass is 79.9. The Hall–Kier alpha value is -1.43. The van der Waals surface area contributed by atoms with Crippen LogP contribution in [0.5, 0.6) is 5.75 Å². The predicted octanol–water partition coefficient (Wildman–Crippen LogP) is 3.34. The summed E-state index contributed by atoms with van der Waals surface area (Å²) >= 11 is 3.19. The zero-order valence-electron chi connectivity index (χ0n) is 11.1. The van der Waals surface area contributed by atoms with Crippen molar-refractivity contribution in [3.8, 4) is 5.75 Å². The lowest BCUT2D eigenvalue weighted by atomic mass is 9.99. The predicted molar refractivity (Wildman–Crippen MR) is 80.9 cm³/mol. The summed E-state index contributed by atoms with van der Waals surface area (Å²) < 4.78 is 19.1. The normalized spacial score (nSPS) is 12.2. The summed E-state index contributed by atoms with van der Waals surface area (Å²) in [7, 11) is 1.64. The second-order valence-electron chi connectivity index (χ2n) is 4.41. The van der Waals surface area contributed by atoms with Crippen molar-refractivity contribution in [2.24, 2.45) is 5.84 Å². The molecule has 2 aromatic rings. The van der Waals surface area contributed by atoms with Crippen LogP contribution in [0.1, 0.15) is 17.2 Å². The molecule has 20 heavy (non-hydrogen) atoms. The molecule has 0 radical (unpaired) electrons. The van der Waals surface area contributed by atoms with E-state index in [-0.39, 0.29) is 11.9 Å². The Morgan fingerprint density at radius 1 is 1.30 bits per heavy atom. The monoisotopic (exact) mass is 338 g/mol. The average Bonchev–Trinajstić information content (AvgIpc) is 2.48. The fourth-order valence-corrected chi connectivity index (χ4v) is 2.49. The summed E-state index contributed by atoms with van der Waals surface area (Å²) in [6.45, 7) is 0. The molecule has 0 aliphatic rings. The first-order valence-electron chi connectivity index (χ1n) is 6.18. The van der Waals surface area contributed by atoms with Gasteiger partial charge in [-0.1, -0.05) is 24.3 Å². The molecule has 0 aromatic heterocycles. The molecule has 2 aromatic carbocycles. The van der Waals surface area contributed by atoms with Crippen molar-refractivity contribution >= 4 is 15.9 Å². The standard InChI is InChI=1S/C15H16BrFN2O/c1-20-15-5-3-2-4-11(15)9-14(19-18)10-6-7-13(17)12(16)8-10/h2-8,14,19H,9,18H2,1H3. The Labute approximate surface area is 126 Å². The second-order valence-corrected chi connectivity index (χ2v) is 5.26. The molecular formula is C15H16BrFN2O. The highest BCUT2D eigenvalue weighted by molar-refractivity contribution is 9.10. The van der Waals surface area contributed by atoms with E-state index in [1.54, 1.807) is 19.2 Å². The molecule has 0 amide bonds. The quantitative estimate of drug-likeness (QED) is 0.649. The summed E-state index contributed by atoms with van der Waals surface area (Å²) in [6.07, 6.45) is 0.651. The number of rotatable bonds is 5. The topological polar surface area (TPSA) is 47.3 Å². The first kappa shape index (κ1) is 15.0. The molecule has 0 fully saturated rings. The van der Waals surface area contributed by atoms with Crippen molar-refractivity contribution in [2.45, 2.75) is 12.5 Å². The van der Waals surface area contributed by atoms with Crippen LogP contribution in [0.25, 0.3) is 0 Å². The molecule has 0 saturated heterocycles. The average molecular weight is 339 g/mol. The molecular weight excluding hydrogens is 323 g/mol. The fourth-order valence-electron chi connectivity index (χ4n) is 2.09. The van der Waals surface area contributed by atoms with E-state index in [0.29, 0.717) is 10.9 Å². The summed E-state index contributed by atoms with van der Waals surface area (Å²) in [5, 5.41) is 0. The number of hydrazine groups is 1. The third-order valence-electron chi connectivity index (χ3n) is 3.16. The van der Waals surface area contributed by atoms with Crippen molar-refractivity contribution in [1.82, 2.24) is 5.43 Å². The molecule has 0 heterocycles. The van der Waals surface area contributed by atoms with Crippen LogP contribution in [0.4, 0.5) is 4.39 Å². The Morgan fingerprint density at radius 2 is 2.05 bits per heavy atom. The van der Waals surface area contributed by atoms with E-state index < -0.39 is 0 Å². The zero-order valence-corrected chi connectivity index (χ0v) is 12.7. The van der Waals surface area contributed by atoms with E-state index in [9.17, 15) is 4.39 Å². The van der Waals surface area contributed by atoms with E-state index in [1.165, 1.54) is 6.07 Å². The van der Waals surface area contributed by atoms with Gasteiger partial charge in [0.05, 0.1) is 17.6 Å². The number of hydrogen-bond donors (Lipinski definition) is 2. The Bertz CT molecular complexity index is 592. The maximum Gasteiger partial charge on any atom is 0.137 e. The number of halogens is 2. The van der Waals surface area contributed by atoms with E-state index in [0.717, 1.165) is 16.9 Å². The highest BCUT2D eigenvalue weighted by Crippen LogP contribution is 2.27. The lowest BCUT2D eigenvalue weighted by molar-refractivity contribution is 0.405. The van der Waals surface area contributed by atoms with Gasteiger partial charge >= 0.3 is 0 Å². The molecule has 2 rings (SSSR count). The molecule has 0 aliphatic carbocycles. The number of nitrogens with one attached hydrogen (secondary N) is 1. The lowest BCUT2D eigenvalue weighted by Crippen LogP contribution is -2.29. The molecule has 5 heteroatoms. The van der Waals surface area contributed by atoms with Gasteiger partial charge in [0.2, 0.25) is 0 Å². The molecule has 0 saturated carbocycles. The van der Waals surface area contributed by atoms with Gasteiger partial charge in [-0.05, 0) is 51.7 Å². The molecule has 106 valence electrons. The van der Waals surface area contributed by atoms with Gasteiger partial charge in [-0.25, -0.2) is 4.39 Å². The molecule has 0 aliphatic heterocycles. The minimum Gasteiger partial charge on any atom is -0.496 e. The molecule has 0 bridgehead atoms. The van der Waals surface area contributed by atoms with Gasteiger partial charge in [0, 0.05) is 0 Å². The van der Waals surface area contributed by atoms with Gasteiger partial charge in [0.25, 0.3) is 0 Å². The minimum atomic E-state index is -0.290. The first-order valence-corrected chi connectivity index (χ1v) is 6.98. The number of hydrogen-bond acceptors (Lipinski definition) is 3. The van der Waals surface area contributed by atoms with Crippen LogP contribution >= 0.6 is 15.9 Å². The van der Waals surface area contributed by atoms with Crippen LogP contribution in [-0.2, 0) is 6.42 Å². The first-order chi connectivity index (χ1) is 9.65. The number of ether oxygens (including phenoxy) is 1. The van der Waals surface area contributed by atoms with Crippen molar-refractivity contribution in [2.75, 3.05) is 7.11 Å². The molecule has 0 spiro atoms. The van der Waals surface area contributed by atoms with Crippen LogP contribution in [0.3, 0.4) is 0 Å². The SMILES string of the molecule is COc1ccccc1CC(NN)c1ccc(F)c(Br)c1. The van der Waals surface area contributed by atoms with Crippen LogP contribution in [0, 0.1) is 5.82 Å². The third-order valence-corrected chi connectivity index (χ3v) is 3.77. The largest absolute Gasteiger partial charge is 0.496 e. The highest BCUT2D eigenvalue weighted by Gasteiger charge is 2.14. The Morgan fingerprint density at radius 3 is 2.70 bits per heavy atom. The Kier molecular flexibility index (Phi) is 5.11. The smallest absolute Gasteiger partial charge is 0.137 e. The number of methoxy groups -OCH3 is 1. The van der Waals surface area contributed by atoms with Gasteiger partial charge in [-0.2, -0.15) is 0 Å². The maximum atomic E-state index is 13.3. The van der Waals surface area contributed by atoms with Gasteiger partial charge in [-0.15, -0.1) is 0 Å². The van der Waals surface area contributed by atoms with Crippen molar-refractivity contribution in [1.29, 1.82) is 0 Å². The zero-order chi connectivity index (χ0) is 14.5. The van der Waals surface area contributed by atoms with Gasteiger partial charge in [0.15, 0.2) is 0 Å². The van der Waals surface area contributed by atoms with Crippen LogP contribution in [0.2, 0.25) is 0 Å². The van der Waals surface area contributed by atoms with Crippen molar-refractivity contribution in [3.63, 3.8) is 0 Å². The molecule has 3 N–H and O–H groups in total. The van der Waals surface area contributed by atoms with Crippen LogP contribution < -0.4 is 16.0 Å². The van der Waals surface area contributed by atoms with E-state index in [4.69, 9.17) is 10.6 Å². The van der Waals surface area contributed by atoms with Gasteiger partial charge < -0.3 is 4.74 Å². The van der Waals surface area contributed by atoms with Crippen LogP contribution in [-0.4, -0.2) is 7.11 Å². The third kappa shape index (κ3) is 3.36. The van der Waals surface area contributed by atoms with E-state index >= 15 is 0 Å². The lowest BCUT2D eigenvalue weighted by Gasteiger charge is -2.18. The summed E-state index contributed by atoms with van der Waals surface area (Å²) in [5.41, 5.74) is 4.72. The van der Waals surface area contributed by atoms with Gasteiger partial charge in [-0.3, -0.25) is 11.3 Å².